The van der Waals surface area contributed by atoms with Crippen molar-refractivity contribution in [1.29, 1.82) is 0 Å². The van der Waals surface area contributed by atoms with E-state index in [1.807, 2.05) is 6.92 Å². The monoisotopic (exact) mass is 323 g/mol. The normalized spacial score (nSPS) is 14.9. The van der Waals surface area contributed by atoms with E-state index < -0.39 is 14.6 Å². The maximum absolute atomic E-state index is 11.9. The quantitative estimate of drug-likeness (QED) is 0.904. The van der Waals surface area contributed by atoms with E-state index in [1.165, 1.54) is 6.26 Å². The van der Waals surface area contributed by atoms with E-state index in [9.17, 15) is 8.42 Å². The Morgan fingerprint density at radius 1 is 1.53 bits per heavy atom. The van der Waals surface area contributed by atoms with Crippen molar-refractivity contribution < 1.29 is 12.8 Å². The summed E-state index contributed by atoms with van der Waals surface area (Å²) in [6.45, 7) is 5.99. The van der Waals surface area contributed by atoms with Crippen LogP contribution in [-0.4, -0.2) is 26.0 Å². The van der Waals surface area contributed by atoms with Crippen LogP contribution in [0, 0.1) is 0 Å². The van der Waals surface area contributed by atoms with Gasteiger partial charge in [-0.3, -0.25) is 0 Å². The molecule has 1 aromatic heterocycles. The molecule has 0 aliphatic heterocycles. The molecule has 1 heterocycles. The van der Waals surface area contributed by atoms with Crippen LogP contribution in [0.15, 0.2) is 21.2 Å². The molecule has 1 rings (SSSR count). The van der Waals surface area contributed by atoms with E-state index in [1.54, 1.807) is 26.2 Å². The third-order valence-corrected chi connectivity index (χ3v) is 5.77. The Hall–Kier alpha value is -0.330. The van der Waals surface area contributed by atoms with Gasteiger partial charge >= 0.3 is 0 Å². The van der Waals surface area contributed by atoms with Crippen LogP contribution in [0.1, 0.15) is 32.6 Å². The van der Waals surface area contributed by atoms with Crippen LogP contribution in [0.4, 0.5) is 0 Å². The van der Waals surface area contributed by atoms with Gasteiger partial charge in [0.2, 0.25) is 0 Å². The van der Waals surface area contributed by atoms with Gasteiger partial charge < -0.3 is 9.73 Å². The van der Waals surface area contributed by atoms with Crippen molar-refractivity contribution in [3.63, 3.8) is 0 Å². The molecule has 0 fully saturated rings. The van der Waals surface area contributed by atoms with Crippen LogP contribution in [0.3, 0.4) is 0 Å². The molecule has 0 radical (unpaired) electrons. The second-order valence-electron chi connectivity index (χ2n) is 4.50. The van der Waals surface area contributed by atoms with E-state index >= 15 is 0 Å². The Morgan fingerprint density at radius 2 is 2.12 bits per heavy atom. The first-order chi connectivity index (χ1) is 7.71. The van der Waals surface area contributed by atoms with Crippen molar-refractivity contribution in [2.45, 2.75) is 31.6 Å². The van der Waals surface area contributed by atoms with Crippen LogP contribution in [0.2, 0.25) is 0 Å². The first kappa shape index (κ1) is 14.7. The van der Waals surface area contributed by atoms with Crippen LogP contribution >= 0.6 is 15.9 Å². The molecule has 0 aliphatic rings. The number of halogens is 1. The lowest BCUT2D eigenvalue weighted by atomic mass is 10.0. The van der Waals surface area contributed by atoms with Gasteiger partial charge in [0.05, 0.1) is 21.5 Å². The molecule has 0 saturated heterocycles. The van der Waals surface area contributed by atoms with E-state index in [2.05, 4.69) is 21.2 Å². The van der Waals surface area contributed by atoms with Crippen LogP contribution < -0.4 is 5.32 Å². The highest BCUT2D eigenvalue weighted by atomic mass is 79.9. The lowest BCUT2D eigenvalue weighted by molar-refractivity contribution is 0.355. The van der Waals surface area contributed by atoms with E-state index in [0.29, 0.717) is 12.3 Å². The van der Waals surface area contributed by atoms with Crippen LogP contribution in [0.25, 0.3) is 0 Å². The van der Waals surface area contributed by atoms with E-state index in [-0.39, 0.29) is 6.04 Å². The summed E-state index contributed by atoms with van der Waals surface area (Å²) in [7, 11) is -3.21. The predicted octanol–water partition coefficient (Wildman–Crippen LogP) is 2.52. The van der Waals surface area contributed by atoms with Gasteiger partial charge in [-0.15, -0.1) is 0 Å². The number of hydrogen-bond donors (Lipinski definition) is 1. The molecule has 0 bridgehead atoms. The fourth-order valence-electron chi connectivity index (χ4n) is 1.58. The Bertz CT molecular complexity index is 479. The molecule has 0 saturated carbocycles. The van der Waals surface area contributed by atoms with Crippen molar-refractivity contribution in [2.24, 2.45) is 0 Å². The molecule has 1 N–H and O–H groups in total. The second-order valence-corrected chi connectivity index (χ2v) is 7.95. The summed E-state index contributed by atoms with van der Waals surface area (Å²) in [6, 6.07) is 1.38. The first-order valence-electron chi connectivity index (χ1n) is 5.37. The number of rotatable bonds is 5. The molecule has 98 valence electrons. The zero-order valence-corrected chi connectivity index (χ0v) is 12.9. The van der Waals surface area contributed by atoms with Crippen molar-refractivity contribution >= 4 is 25.8 Å². The average Bonchev–Trinajstić information content (AvgIpc) is 2.58. The molecule has 17 heavy (non-hydrogen) atoms. The molecule has 1 aromatic rings. The molecule has 1 unspecified atom stereocenters. The van der Waals surface area contributed by atoms with Gasteiger partial charge in [0.25, 0.3) is 0 Å². The highest BCUT2D eigenvalue weighted by Crippen LogP contribution is 2.36. The molecule has 0 amide bonds. The van der Waals surface area contributed by atoms with Crippen LogP contribution in [-0.2, 0) is 9.84 Å². The van der Waals surface area contributed by atoms with Crippen molar-refractivity contribution in [3.8, 4) is 0 Å². The van der Waals surface area contributed by atoms with E-state index in [0.717, 1.165) is 4.47 Å². The maximum Gasteiger partial charge on any atom is 0.154 e. The highest BCUT2D eigenvalue weighted by Gasteiger charge is 2.41. The topological polar surface area (TPSA) is 59.3 Å². The van der Waals surface area contributed by atoms with Crippen LogP contribution in [0.5, 0.6) is 0 Å². The van der Waals surface area contributed by atoms with Crippen molar-refractivity contribution in [1.82, 2.24) is 5.32 Å². The summed E-state index contributed by atoms with van der Waals surface area (Å²) in [5, 5.41) is 3.17. The fraction of sp³-hybridized carbons (Fsp3) is 0.636. The summed E-state index contributed by atoms with van der Waals surface area (Å²) < 4.78 is 29.0. The minimum absolute atomic E-state index is 0.383. The Balaban J connectivity index is 3.24. The second kappa shape index (κ2) is 5.12. The Morgan fingerprint density at radius 3 is 2.47 bits per heavy atom. The standard InChI is InChI=1S/C11H18BrNO3S/c1-5-13-10(9-8(12)6-7-16-9)11(2,3)17(4,14)15/h6-7,10,13H,5H2,1-4H3. The predicted molar refractivity (Wildman–Crippen MR) is 71.7 cm³/mol. The highest BCUT2D eigenvalue weighted by molar-refractivity contribution is 9.10. The smallest absolute Gasteiger partial charge is 0.154 e. The lowest BCUT2D eigenvalue weighted by Crippen LogP contribution is -2.44. The van der Waals surface area contributed by atoms with E-state index in [4.69, 9.17) is 4.42 Å². The Kier molecular flexibility index (Phi) is 4.43. The van der Waals surface area contributed by atoms with Gasteiger partial charge in [-0.05, 0) is 42.4 Å². The third-order valence-electron chi connectivity index (χ3n) is 2.97. The van der Waals surface area contributed by atoms with Gasteiger partial charge in [-0.2, -0.15) is 0 Å². The molecule has 0 aromatic carbocycles. The fourth-order valence-corrected chi connectivity index (χ4v) is 2.63. The maximum atomic E-state index is 11.9. The van der Waals surface area contributed by atoms with Gasteiger partial charge in [0.1, 0.15) is 5.76 Å². The number of nitrogens with one attached hydrogen (secondary N) is 1. The summed E-state index contributed by atoms with van der Waals surface area (Å²) in [5.74, 6) is 0.613. The molecular weight excluding hydrogens is 306 g/mol. The van der Waals surface area contributed by atoms with Gasteiger partial charge in [-0.25, -0.2) is 8.42 Å². The summed E-state index contributed by atoms with van der Waals surface area (Å²) >= 11 is 3.37. The lowest BCUT2D eigenvalue weighted by Gasteiger charge is -2.32. The molecule has 6 heteroatoms. The first-order valence-corrected chi connectivity index (χ1v) is 8.06. The number of sulfone groups is 1. The van der Waals surface area contributed by atoms with Gasteiger partial charge in [-0.1, -0.05) is 6.92 Å². The minimum atomic E-state index is -3.21. The molecular formula is C11H18BrNO3S. The molecule has 0 spiro atoms. The third kappa shape index (κ3) is 2.92. The Labute approximate surface area is 111 Å². The van der Waals surface area contributed by atoms with Gasteiger partial charge in [0.15, 0.2) is 9.84 Å². The van der Waals surface area contributed by atoms with Crippen molar-refractivity contribution in [3.05, 3.63) is 22.6 Å². The van der Waals surface area contributed by atoms with Crippen molar-refractivity contribution in [2.75, 3.05) is 12.8 Å². The summed E-state index contributed by atoms with van der Waals surface area (Å²) in [6.07, 6.45) is 2.79. The largest absolute Gasteiger partial charge is 0.466 e. The summed E-state index contributed by atoms with van der Waals surface area (Å²) in [4.78, 5) is 0. The molecule has 4 nitrogen and oxygen atoms in total. The molecule has 0 aliphatic carbocycles. The summed E-state index contributed by atoms with van der Waals surface area (Å²) in [5.41, 5.74) is 0. The SMILES string of the molecule is CCNC(c1occc1Br)C(C)(C)S(C)(=O)=O. The average molecular weight is 324 g/mol. The molecule has 1 atom stereocenters. The number of hydrogen-bond acceptors (Lipinski definition) is 4. The number of furan rings is 1. The minimum Gasteiger partial charge on any atom is -0.466 e. The zero-order chi connectivity index (χ0) is 13.3. The van der Waals surface area contributed by atoms with Gasteiger partial charge in [0, 0.05) is 6.26 Å². The zero-order valence-electron chi connectivity index (χ0n) is 10.5.